The summed E-state index contributed by atoms with van der Waals surface area (Å²) in [5.74, 6) is 0.412. The Bertz CT molecular complexity index is 1030. The van der Waals surface area contributed by atoms with Crippen LogP contribution in [0.15, 0.2) is 36.5 Å². The van der Waals surface area contributed by atoms with E-state index in [1.165, 1.54) is 35.0 Å². The normalized spacial score (nSPS) is 17.7. The molecule has 152 valence electrons. The van der Waals surface area contributed by atoms with Crippen molar-refractivity contribution in [3.8, 4) is 0 Å². The van der Waals surface area contributed by atoms with Gasteiger partial charge in [-0.05, 0) is 42.0 Å². The Morgan fingerprint density at radius 1 is 1.17 bits per heavy atom. The van der Waals surface area contributed by atoms with E-state index in [4.69, 9.17) is 5.10 Å². The van der Waals surface area contributed by atoms with E-state index in [-0.39, 0.29) is 11.8 Å². The van der Waals surface area contributed by atoms with Gasteiger partial charge in [0.1, 0.15) is 0 Å². The van der Waals surface area contributed by atoms with Gasteiger partial charge < -0.3 is 9.88 Å². The van der Waals surface area contributed by atoms with Gasteiger partial charge >= 0.3 is 0 Å². The number of aryl methyl sites for hydroxylation is 1. The summed E-state index contributed by atoms with van der Waals surface area (Å²) in [5.41, 5.74) is 4.83. The second kappa shape index (κ2) is 7.67. The standard InChI is InChI=1S/C23H29N5O/c1-26-9-8-18-7-6-17(12-22(18)26)15-27-10-11-28-21(16-27)13-20(25-28)14-24-23(29)19-4-2-3-5-19/h6-9,12-13,19H,2-5,10-11,14-16H2,1H3,(H,24,29). The number of hydrogen-bond donors (Lipinski definition) is 1. The van der Waals surface area contributed by atoms with E-state index in [2.05, 4.69) is 63.0 Å². The van der Waals surface area contributed by atoms with Crippen LogP contribution in [0.25, 0.3) is 10.9 Å². The minimum absolute atomic E-state index is 0.200. The van der Waals surface area contributed by atoms with Crippen molar-refractivity contribution in [3.63, 3.8) is 0 Å². The largest absolute Gasteiger partial charge is 0.351 e. The molecule has 0 bridgehead atoms. The number of rotatable bonds is 5. The van der Waals surface area contributed by atoms with Crippen molar-refractivity contribution in [2.45, 2.75) is 51.9 Å². The van der Waals surface area contributed by atoms with E-state index < -0.39 is 0 Å². The number of carbonyl (C=O) groups excluding carboxylic acids is 1. The number of amides is 1. The van der Waals surface area contributed by atoms with Crippen molar-refractivity contribution < 1.29 is 4.79 Å². The molecule has 6 heteroatoms. The molecule has 0 unspecified atom stereocenters. The van der Waals surface area contributed by atoms with Crippen molar-refractivity contribution in [3.05, 3.63) is 53.5 Å². The summed E-state index contributed by atoms with van der Waals surface area (Å²) in [5, 5.41) is 9.09. The molecule has 2 aromatic heterocycles. The molecule has 3 aromatic rings. The van der Waals surface area contributed by atoms with Crippen molar-refractivity contribution >= 4 is 16.8 Å². The second-order valence-corrected chi connectivity index (χ2v) is 8.58. The lowest BCUT2D eigenvalue weighted by atomic mass is 10.1. The minimum Gasteiger partial charge on any atom is -0.351 e. The molecule has 1 saturated carbocycles. The van der Waals surface area contributed by atoms with Crippen molar-refractivity contribution in [2.24, 2.45) is 13.0 Å². The third kappa shape index (κ3) is 3.81. The molecule has 1 aliphatic carbocycles. The van der Waals surface area contributed by atoms with Gasteiger partial charge in [0.2, 0.25) is 5.91 Å². The molecule has 2 aliphatic rings. The fourth-order valence-electron chi connectivity index (χ4n) is 4.78. The fourth-order valence-corrected chi connectivity index (χ4v) is 4.78. The Morgan fingerprint density at radius 2 is 2.03 bits per heavy atom. The summed E-state index contributed by atoms with van der Waals surface area (Å²) < 4.78 is 4.28. The molecule has 0 atom stereocenters. The highest BCUT2D eigenvalue weighted by molar-refractivity contribution is 5.80. The third-order valence-corrected chi connectivity index (χ3v) is 6.46. The zero-order valence-corrected chi connectivity index (χ0v) is 17.1. The first-order valence-corrected chi connectivity index (χ1v) is 10.8. The number of hydrogen-bond acceptors (Lipinski definition) is 3. The lowest BCUT2D eigenvalue weighted by molar-refractivity contribution is -0.124. The molecule has 0 spiro atoms. The minimum atomic E-state index is 0.200. The van der Waals surface area contributed by atoms with Crippen molar-refractivity contribution in [1.29, 1.82) is 0 Å². The number of benzene rings is 1. The van der Waals surface area contributed by atoms with Crippen LogP contribution < -0.4 is 5.32 Å². The SMILES string of the molecule is Cn1ccc2ccc(CN3CCn4nc(CNC(=O)C5CCCC5)cc4C3)cc21. The molecule has 29 heavy (non-hydrogen) atoms. The summed E-state index contributed by atoms with van der Waals surface area (Å²) in [7, 11) is 2.10. The van der Waals surface area contributed by atoms with Gasteiger partial charge in [-0.3, -0.25) is 14.4 Å². The zero-order chi connectivity index (χ0) is 19.8. The molecular formula is C23H29N5O. The van der Waals surface area contributed by atoms with Crippen LogP contribution in [0.5, 0.6) is 0 Å². The molecule has 1 N–H and O–H groups in total. The fraction of sp³-hybridized carbons (Fsp3) is 0.478. The molecule has 0 saturated heterocycles. The summed E-state index contributed by atoms with van der Waals surface area (Å²) in [4.78, 5) is 14.7. The van der Waals surface area contributed by atoms with E-state index in [0.717, 1.165) is 44.7 Å². The first-order valence-electron chi connectivity index (χ1n) is 10.8. The predicted octanol–water partition coefficient (Wildman–Crippen LogP) is 3.20. The molecule has 6 nitrogen and oxygen atoms in total. The van der Waals surface area contributed by atoms with Gasteiger partial charge in [0, 0.05) is 44.3 Å². The lowest BCUT2D eigenvalue weighted by Gasteiger charge is -2.27. The maximum Gasteiger partial charge on any atom is 0.223 e. The van der Waals surface area contributed by atoms with Crippen LogP contribution in [0.1, 0.15) is 42.6 Å². The highest BCUT2D eigenvalue weighted by Gasteiger charge is 2.23. The number of fused-ring (bicyclic) bond motifs is 2. The lowest BCUT2D eigenvalue weighted by Crippen LogP contribution is -2.33. The van der Waals surface area contributed by atoms with Crippen molar-refractivity contribution in [2.75, 3.05) is 6.54 Å². The summed E-state index contributed by atoms with van der Waals surface area (Å²) in [6.07, 6.45) is 6.55. The smallest absolute Gasteiger partial charge is 0.223 e. The molecule has 0 radical (unpaired) electrons. The van der Waals surface area contributed by atoms with E-state index in [0.29, 0.717) is 6.54 Å². The summed E-state index contributed by atoms with van der Waals surface area (Å²) in [6, 6.07) is 11.1. The first kappa shape index (κ1) is 18.4. The molecule has 1 aromatic carbocycles. The number of nitrogens with one attached hydrogen (secondary N) is 1. The summed E-state index contributed by atoms with van der Waals surface area (Å²) in [6.45, 7) is 4.28. The molecule has 5 rings (SSSR count). The van der Waals surface area contributed by atoms with Crippen LogP contribution in [0.2, 0.25) is 0 Å². The third-order valence-electron chi connectivity index (χ3n) is 6.46. The van der Waals surface area contributed by atoms with Gasteiger partial charge in [-0.15, -0.1) is 0 Å². The Morgan fingerprint density at radius 3 is 2.90 bits per heavy atom. The van der Waals surface area contributed by atoms with E-state index >= 15 is 0 Å². The average Bonchev–Trinajstić information content (AvgIpc) is 3.46. The maximum atomic E-state index is 12.3. The molecular weight excluding hydrogens is 362 g/mol. The van der Waals surface area contributed by atoms with Crippen LogP contribution in [0, 0.1) is 5.92 Å². The van der Waals surface area contributed by atoms with Crippen LogP contribution in [0.4, 0.5) is 0 Å². The number of carbonyl (C=O) groups is 1. The van der Waals surface area contributed by atoms with Crippen LogP contribution in [0.3, 0.4) is 0 Å². The van der Waals surface area contributed by atoms with Crippen LogP contribution in [-0.4, -0.2) is 31.7 Å². The summed E-state index contributed by atoms with van der Waals surface area (Å²) >= 11 is 0. The quantitative estimate of drug-likeness (QED) is 0.727. The number of nitrogens with zero attached hydrogens (tertiary/aromatic N) is 4. The Kier molecular flexibility index (Phi) is 4.87. The van der Waals surface area contributed by atoms with Gasteiger partial charge in [-0.1, -0.05) is 25.0 Å². The first-order chi connectivity index (χ1) is 14.2. The second-order valence-electron chi connectivity index (χ2n) is 8.58. The van der Waals surface area contributed by atoms with Gasteiger partial charge in [0.25, 0.3) is 0 Å². The zero-order valence-electron chi connectivity index (χ0n) is 17.1. The van der Waals surface area contributed by atoms with Gasteiger partial charge in [-0.2, -0.15) is 5.10 Å². The van der Waals surface area contributed by atoms with E-state index in [9.17, 15) is 4.79 Å². The molecule has 1 amide bonds. The Labute approximate surface area is 171 Å². The van der Waals surface area contributed by atoms with Gasteiger partial charge in [-0.25, -0.2) is 0 Å². The highest BCUT2D eigenvalue weighted by Crippen LogP contribution is 2.25. The average molecular weight is 392 g/mol. The van der Waals surface area contributed by atoms with Gasteiger partial charge in [0.05, 0.1) is 24.5 Å². The van der Waals surface area contributed by atoms with Gasteiger partial charge in [0.15, 0.2) is 0 Å². The topological polar surface area (TPSA) is 55.1 Å². The number of aromatic nitrogens is 3. The molecule has 1 fully saturated rings. The van der Waals surface area contributed by atoms with Crippen molar-refractivity contribution in [1.82, 2.24) is 24.6 Å². The molecule has 3 heterocycles. The van der Waals surface area contributed by atoms with E-state index in [1.54, 1.807) is 0 Å². The maximum absolute atomic E-state index is 12.3. The predicted molar refractivity (Wildman–Crippen MR) is 113 cm³/mol. The van der Waals surface area contributed by atoms with Crippen LogP contribution >= 0.6 is 0 Å². The highest BCUT2D eigenvalue weighted by atomic mass is 16.1. The Balaban J connectivity index is 1.21. The monoisotopic (exact) mass is 391 g/mol. The Hall–Kier alpha value is -2.60. The van der Waals surface area contributed by atoms with E-state index in [1.807, 2.05) is 0 Å². The van der Waals surface area contributed by atoms with Crippen LogP contribution in [-0.2, 0) is 38.0 Å². The molecule has 1 aliphatic heterocycles.